The molecule has 7 nitrogen and oxygen atoms in total. The van der Waals surface area contributed by atoms with Gasteiger partial charge in [0.2, 0.25) is 10.0 Å². The van der Waals surface area contributed by atoms with Crippen LogP contribution in [0.15, 0.2) is 65.6 Å². The van der Waals surface area contributed by atoms with Crippen molar-refractivity contribution in [2.24, 2.45) is 23.7 Å². The Kier molecular flexibility index (Phi) is 8.35. The molecule has 0 spiro atoms. The average molecular weight is 670 g/mol. The molecule has 0 radical (unpaired) electrons. The van der Waals surface area contributed by atoms with Crippen molar-refractivity contribution in [1.29, 1.82) is 0 Å². The van der Waals surface area contributed by atoms with Gasteiger partial charge in [0, 0.05) is 11.8 Å². The van der Waals surface area contributed by atoms with Crippen LogP contribution in [0.2, 0.25) is 0 Å². The highest BCUT2D eigenvalue weighted by molar-refractivity contribution is 7.89. The van der Waals surface area contributed by atoms with E-state index in [9.17, 15) is 23.1 Å². The fourth-order valence-corrected chi connectivity index (χ4v) is 11.5. The number of esters is 1. The second-order valence-corrected chi connectivity index (χ2v) is 17.1. The zero-order valence-electron chi connectivity index (χ0n) is 28.6. The Labute approximate surface area is 284 Å². The van der Waals surface area contributed by atoms with Gasteiger partial charge in [-0.15, -0.1) is 0 Å². The third-order valence-corrected chi connectivity index (χ3v) is 13.3. The van der Waals surface area contributed by atoms with Crippen molar-refractivity contribution in [3.63, 3.8) is 0 Å². The first-order chi connectivity index (χ1) is 22.8. The minimum atomic E-state index is -4.14. The normalized spacial score (nSPS) is 28.6. The second-order valence-electron chi connectivity index (χ2n) is 15.5. The molecule has 0 aliphatic heterocycles. The maximum Gasteiger partial charge on any atom is 0.310 e. The number of aliphatic carboxylic acids is 1. The van der Waals surface area contributed by atoms with E-state index in [1.165, 1.54) is 0 Å². The number of carboxylic acid groups (broad SMARTS) is 1. The molecule has 254 valence electrons. The van der Waals surface area contributed by atoms with Gasteiger partial charge in [-0.2, -0.15) is 0 Å². The monoisotopic (exact) mass is 669 g/mol. The van der Waals surface area contributed by atoms with Gasteiger partial charge in [-0.1, -0.05) is 102 Å². The van der Waals surface area contributed by atoms with Crippen LogP contribution in [0, 0.1) is 23.7 Å². The quantitative estimate of drug-likeness (QED) is 0.227. The van der Waals surface area contributed by atoms with Crippen molar-refractivity contribution in [3.8, 4) is 0 Å². The molecule has 48 heavy (non-hydrogen) atoms. The number of fused-ring (bicyclic) bond motifs is 3. The van der Waals surface area contributed by atoms with Crippen molar-refractivity contribution in [2.75, 3.05) is 0 Å². The highest BCUT2D eigenvalue weighted by atomic mass is 32.2. The number of hydrogen-bond acceptors (Lipinski definition) is 5. The predicted molar refractivity (Wildman–Crippen MR) is 185 cm³/mol. The topological polar surface area (TPSA) is 110 Å². The van der Waals surface area contributed by atoms with Gasteiger partial charge in [-0.25, -0.2) is 13.1 Å². The zero-order chi connectivity index (χ0) is 34.2. The number of carbonyl (C=O) groups excluding carboxylic acids is 1. The molecule has 2 fully saturated rings. The van der Waals surface area contributed by atoms with Crippen LogP contribution < -0.4 is 4.72 Å². The summed E-state index contributed by atoms with van der Waals surface area (Å²) < 4.78 is 39.6. The molecule has 8 rings (SSSR count). The first kappa shape index (κ1) is 33.0. The van der Waals surface area contributed by atoms with Crippen LogP contribution in [0.3, 0.4) is 0 Å². The molecule has 0 heterocycles. The zero-order valence-corrected chi connectivity index (χ0v) is 29.5. The molecule has 5 aliphatic rings. The summed E-state index contributed by atoms with van der Waals surface area (Å²) in [6, 6.07) is 19.4. The van der Waals surface area contributed by atoms with E-state index >= 15 is 0 Å². The van der Waals surface area contributed by atoms with E-state index in [4.69, 9.17) is 4.74 Å². The molecule has 3 aromatic rings. The van der Waals surface area contributed by atoms with Gasteiger partial charge in [0.15, 0.2) is 0 Å². The summed E-state index contributed by atoms with van der Waals surface area (Å²) in [7, 11) is -4.14. The fraction of sp³-hybridized carbons (Fsp3) is 0.500. The third kappa shape index (κ3) is 5.22. The smallest absolute Gasteiger partial charge is 0.310 e. The summed E-state index contributed by atoms with van der Waals surface area (Å²) >= 11 is 0. The van der Waals surface area contributed by atoms with Crippen LogP contribution in [0.1, 0.15) is 129 Å². The van der Waals surface area contributed by atoms with Gasteiger partial charge in [-0.3, -0.25) is 9.59 Å². The van der Waals surface area contributed by atoms with Crippen LogP contribution >= 0.6 is 0 Å². The summed E-state index contributed by atoms with van der Waals surface area (Å²) in [6.45, 7) is 12.3. The number of nitrogens with one attached hydrogen (secondary N) is 1. The third-order valence-electron chi connectivity index (χ3n) is 11.7. The largest absolute Gasteiger partial charge is 0.481 e. The summed E-state index contributed by atoms with van der Waals surface area (Å²) in [4.78, 5) is 26.9. The van der Waals surface area contributed by atoms with E-state index in [1.807, 2.05) is 76.2 Å². The Balaban J connectivity index is 1.36. The van der Waals surface area contributed by atoms with E-state index < -0.39 is 57.8 Å². The molecule has 4 bridgehead atoms. The highest BCUT2D eigenvalue weighted by Crippen LogP contribution is 2.56. The molecular weight excluding hydrogens is 623 g/mol. The van der Waals surface area contributed by atoms with Crippen LogP contribution in [0.5, 0.6) is 0 Å². The summed E-state index contributed by atoms with van der Waals surface area (Å²) in [5.74, 6) is -3.68. The minimum absolute atomic E-state index is 0.0265. The van der Waals surface area contributed by atoms with Gasteiger partial charge in [0.05, 0.1) is 22.8 Å². The second kappa shape index (κ2) is 12.1. The highest BCUT2D eigenvalue weighted by Gasteiger charge is 2.58. The van der Waals surface area contributed by atoms with Gasteiger partial charge >= 0.3 is 11.9 Å². The maximum absolute atomic E-state index is 14.9. The number of hydrogen-bond donors (Lipinski definition) is 2. The van der Waals surface area contributed by atoms with E-state index in [0.717, 1.165) is 58.2 Å². The van der Waals surface area contributed by atoms with E-state index in [1.54, 1.807) is 0 Å². The SMILES string of the molecule is CC(C)c1cc(C(C)C)c(S(=O)(=O)N[C@@H]2C3c4ccccc4C(c4ccccc43)[C@@H]2OC(=O)[C@@H]2[C@@H]3CC[C@@H](C3)[C@@H]2C(=O)O)c(C(C)C)c1. The predicted octanol–water partition coefficient (Wildman–Crippen LogP) is 7.65. The van der Waals surface area contributed by atoms with Crippen molar-refractivity contribution in [1.82, 2.24) is 4.72 Å². The lowest BCUT2D eigenvalue weighted by atomic mass is 9.60. The molecular formula is C40H47NO6S. The average Bonchev–Trinajstić information content (AvgIpc) is 3.67. The van der Waals surface area contributed by atoms with Gasteiger partial charge in [0.25, 0.3) is 0 Å². The van der Waals surface area contributed by atoms with Gasteiger partial charge in [-0.05, 0) is 87.8 Å². The molecule has 0 unspecified atom stereocenters. The Bertz CT molecular complexity index is 1800. The lowest BCUT2D eigenvalue weighted by Crippen LogP contribution is -2.57. The van der Waals surface area contributed by atoms with Crippen molar-refractivity contribution in [2.45, 2.75) is 107 Å². The lowest BCUT2D eigenvalue weighted by Gasteiger charge is -2.50. The van der Waals surface area contributed by atoms with E-state index in [2.05, 4.69) is 30.7 Å². The van der Waals surface area contributed by atoms with Crippen LogP contribution in [0.4, 0.5) is 0 Å². The lowest BCUT2D eigenvalue weighted by molar-refractivity contribution is -0.166. The summed E-state index contributed by atoms with van der Waals surface area (Å²) in [5.41, 5.74) is 6.73. The summed E-state index contributed by atoms with van der Waals surface area (Å²) in [5, 5.41) is 10.2. The number of rotatable bonds is 9. The van der Waals surface area contributed by atoms with E-state index in [0.29, 0.717) is 4.90 Å². The number of benzene rings is 3. The van der Waals surface area contributed by atoms with Crippen molar-refractivity contribution < 1.29 is 27.9 Å². The number of sulfonamides is 1. The van der Waals surface area contributed by atoms with Crippen molar-refractivity contribution in [3.05, 3.63) is 99.6 Å². The molecule has 5 aliphatic carbocycles. The summed E-state index contributed by atoms with van der Waals surface area (Å²) in [6.07, 6.45) is 1.50. The Morgan fingerprint density at radius 1 is 0.750 bits per heavy atom. The fourth-order valence-electron chi connectivity index (χ4n) is 9.54. The molecule has 2 saturated carbocycles. The maximum atomic E-state index is 14.9. The Morgan fingerprint density at radius 3 is 1.69 bits per heavy atom. The molecule has 0 amide bonds. The number of ether oxygens (including phenoxy) is 1. The first-order valence-corrected chi connectivity index (χ1v) is 19.1. The molecule has 3 aromatic carbocycles. The van der Waals surface area contributed by atoms with Crippen LogP contribution in [0.25, 0.3) is 0 Å². The molecule has 0 aromatic heterocycles. The van der Waals surface area contributed by atoms with Crippen LogP contribution in [-0.2, 0) is 24.3 Å². The molecule has 8 heteroatoms. The van der Waals surface area contributed by atoms with Crippen molar-refractivity contribution >= 4 is 22.0 Å². The van der Waals surface area contributed by atoms with Gasteiger partial charge in [0.1, 0.15) is 6.10 Å². The molecule has 2 N–H and O–H groups in total. The Morgan fingerprint density at radius 2 is 1.23 bits per heavy atom. The van der Waals surface area contributed by atoms with E-state index in [-0.39, 0.29) is 29.6 Å². The Hall–Kier alpha value is -3.49. The standard InChI is InChI=1S/C40H47NO6S/c1-20(2)25-18-30(21(3)4)38(31(19-25)22(5)6)48(45,46)41-36-34-26-11-7-9-13-28(26)35(29-14-10-8-12-27(29)34)37(36)47-40(44)33-24-16-15-23(17-24)32(33)39(42)43/h7-14,18-24,32-37,41H,15-17H2,1-6H3,(H,42,43)/t23-,24+,32-,33+,34?,35?,36+,37-/m0/s1. The first-order valence-electron chi connectivity index (χ1n) is 17.6. The van der Waals surface area contributed by atoms with Gasteiger partial charge < -0.3 is 9.84 Å². The van der Waals surface area contributed by atoms with Crippen LogP contribution in [-0.4, -0.2) is 37.6 Å². The number of carboxylic acids is 1. The number of carbonyl (C=O) groups is 2. The molecule has 0 saturated heterocycles. The minimum Gasteiger partial charge on any atom is -0.481 e. The molecule has 6 atom stereocenters.